The summed E-state index contributed by atoms with van der Waals surface area (Å²) in [5.74, 6) is 5.74. The van der Waals surface area contributed by atoms with Gasteiger partial charge in [-0.1, -0.05) is 34.6 Å². The molecule has 7 atom stereocenters. The zero-order valence-electron chi connectivity index (χ0n) is 16.7. The van der Waals surface area contributed by atoms with Crippen LogP contribution < -0.4 is 10.6 Å². The lowest BCUT2D eigenvalue weighted by Gasteiger charge is -2.62. The van der Waals surface area contributed by atoms with Gasteiger partial charge in [0, 0.05) is 19.1 Å². The Morgan fingerprint density at radius 2 is 1.54 bits per heavy atom. The van der Waals surface area contributed by atoms with Crippen LogP contribution >= 0.6 is 0 Å². The van der Waals surface area contributed by atoms with E-state index in [0.29, 0.717) is 10.8 Å². The van der Waals surface area contributed by atoms with E-state index in [9.17, 15) is 0 Å². The molecule has 6 aliphatic rings. The lowest BCUT2D eigenvalue weighted by atomic mass is 9.45. The maximum Gasteiger partial charge on any atom is 0.00989 e. The van der Waals surface area contributed by atoms with Crippen molar-refractivity contribution in [3.05, 3.63) is 0 Å². The highest BCUT2D eigenvalue weighted by Gasteiger charge is 2.56. The van der Waals surface area contributed by atoms with Crippen LogP contribution in [0.25, 0.3) is 0 Å². The van der Waals surface area contributed by atoms with Gasteiger partial charge in [0.15, 0.2) is 0 Å². The predicted octanol–water partition coefficient (Wildman–Crippen LogP) is 4.31. The molecule has 0 spiro atoms. The first-order chi connectivity index (χ1) is 11.3. The molecular weight excluding hydrogens is 292 g/mol. The van der Waals surface area contributed by atoms with Gasteiger partial charge in [0.1, 0.15) is 0 Å². The van der Waals surface area contributed by atoms with Gasteiger partial charge in [-0.05, 0) is 85.0 Å². The van der Waals surface area contributed by atoms with Crippen LogP contribution in [0.15, 0.2) is 0 Å². The maximum atomic E-state index is 3.88. The molecule has 2 nitrogen and oxygen atoms in total. The number of hydrogen-bond donors (Lipinski definition) is 2. The Bertz CT molecular complexity index is 467. The molecule has 6 fully saturated rings. The van der Waals surface area contributed by atoms with Gasteiger partial charge < -0.3 is 10.6 Å². The van der Waals surface area contributed by atoms with Gasteiger partial charge in [0.2, 0.25) is 0 Å². The molecular formula is C22H40N2. The molecule has 2 heteroatoms. The quantitative estimate of drug-likeness (QED) is 0.708. The Morgan fingerprint density at radius 1 is 0.833 bits per heavy atom. The second kappa shape index (κ2) is 5.98. The third-order valence-corrected chi connectivity index (χ3v) is 9.47. The van der Waals surface area contributed by atoms with Crippen molar-refractivity contribution in [2.75, 3.05) is 19.6 Å². The standard InChI is InChI=1S/C22H40N2/c1-14-18-11-17(22(18,4)5)12-20(14)24-9-8-23-13-15-6-7-16-10-19(15)21(16,2)3/h14-20,23-24H,6-13H2,1-5H3/t14-,15+,16?,17+,18?,19+,20-/m1/s1. The van der Waals surface area contributed by atoms with Crippen LogP contribution in [-0.4, -0.2) is 25.7 Å². The van der Waals surface area contributed by atoms with Gasteiger partial charge >= 0.3 is 0 Å². The molecule has 0 aromatic rings. The zero-order valence-corrected chi connectivity index (χ0v) is 16.7. The smallest absolute Gasteiger partial charge is 0.00989 e. The summed E-state index contributed by atoms with van der Waals surface area (Å²) in [7, 11) is 0. The summed E-state index contributed by atoms with van der Waals surface area (Å²) in [6.45, 7) is 16.1. The maximum absolute atomic E-state index is 3.88. The molecule has 0 heterocycles. The molecule has 0 aliphatic heterocycles. The van der Waals surface area contributed by atoms with Gasteiger partial charge in [-0.25, -0.2) is 0 Å². The summed E-state index contributed by atoms with van der Waals surface area (Å²) in [6, 6.07) is 0.768. The molecule has 2 N–H and O–H groups in total. The van der Waals surface area contributed by atoms with E-state index < -0.39 is 0 Å². The molecule has 2 unspecified atom stereocenters. The van der Waals surface area contributed by atoms with Gasteiger partial charge in [0.25, 0.3) is 0 Å². The predicted molar refractivity (Wildman–Crippen MR) is 102 cm³/mol. The van der Waals surface area contributed by atoms with Gasteiger partial charge in [0.05, 0.1) is 0 Å². The van der Waals surface area contributed by atoms with Crippen molar-refractivity contribution in [2.24, 2.45) is 46.3 Å². The third kappa shape index (κ3) is 2.58. The average Bonchev–Trinajstić information content (AvgIpc) is 2.55. The summed E-state index contributed by atoms with van der Waals surface area (Å²) in [5.41, 5.74) is 1.25. The van der Waals surface area contributed by atoms with Crippen LogP contribution in [0.5, 0.6) is 0 Å². The number of nitrogens with one attached hydrogen (secondary N) is 2. The summed E-state index contributed by atoms with van der Waals surface area (Å²) in [6.07, 6.45) is 7.36. The zero-order chi connectivity index (χ0) is 17.1. The summed E-state index contributed by atoms with van der Waals surface area (Å²) >= 11 is 0. The Kier molecular flexibility index (Phi) is 4.32. The summed E-state index contributed by atoms with van der Waals surface area (Å²) in [4.78, 5) is 0. The molecule has 24 heavy (non-hydrogen) atoms. The van der Waals surface area contributed by atoms with E-state index >= 15 is 0 Å². The Balaban J connectivity index is 1.15. The van der Waals surface area contributed by atoms with Crippen LogP contribution in [0.2, 0.25) is 0 Å². The fraction of sp³-hybridized carbons (Fsp3) is 1.00. The molecule has 4 bridgehead atoms. The molecule has 0 radical (unpaired) electrons. The fourth-order valence-corrected chi connectivity index (χ4v) is 7.26. The molecule has 0 aromatic heterocycles. The first-order valence-electron chi connectivity index (χ1n) is 10.8. The lowest BCUT2D eigenvalue weighted by molar-refractivity contribution is -0.115. The first-order valence-corrected chi connectivity index (χ1v) is 10.8. The van der Waals surface area contributed by atoms with Gasteiger partial charge in [-0.3, -0.25) is 0 Å². The molecule has 6 saturated carbocycles. The molecule has 0 amide bonds. The molecule has 6 rings (SSSR count). The normalized spacial score (nSPS) is 47.6. The second-order valence-electron chi connectivity index (χ2n) is 10.9. The van der Waals surface area contributed by atoms with Crippen LogP contribution in [0.4, 0.5) is 0 Å². The number of rotatable bonds is 6. The monoisotopic (exact) mass is 332 g/mol. The first kappa shape index (κ1) is 17.3. The van der Waals surface area contributed by atoms with E-state index in [-0.39, 0.29) is 0 Å². The summed E-state index contributed by atoms with van der Waals surface area (Å²) < 4.78 is 0. The minimum Gasteiger partial charge on any atom is -0.315 e. The highest BCUT2D eigenvalue weighted by Crippen LogP contribution is 2.62. The van der Waals surface area contributed by atoms with E-state index in [1.165, 1.54) is 38.6 Å². The third-order valence-electron chi connectivity index (χ3n) is 9.47. The van der Waals surface area contributed by atoms with Crippen molar-refractivity contribution in [1.29, 1.82) is 0 Å². The minimum atomic E-state index is 0.615. The van der Waals surface area contributed by atoms with Crippen molar-refractivity contribution in [1.82, 2.24) is 10.6 Å². The van der Waals surface area contributed by atoms with Crippen LogP contribution in [0.3, 0.4) is 0 Å². The highest BCUT2D eigenvalue weighted by molar-refractivity contribution is 5.07. The van der Waals surface area contributed by atoms with Crippen LogP contribution in [-0.2, 0) is 0 Å². The fourth-order valence-electron chi connectivity index (χ4n) is 7.26. The van der Waals surface area contributed by atoms with E-state index in [0.717, 1.165) is 54.6 Å². The van der Waals surface area contributed by atoms with Crippen LogP contribution in [0.1, 0.15) is 66.7 Å². The molecule has 0 saturated heterocycles. The van der Waals surface area contributed by atoms with Crippen molar-refractivity contribution in [3.8, 4) is 0 Å². The van der Waals surface area contributed by atoms with E-state index in [1.54, 1.807) is 0 Å². The number of hydrogen-bond acceptors (Lipinski definition) is 2. The largest absolute Gasteiger partial charge is 0.315 e. The van der Waals surface area contributed by atoms with Crippen LogP contribution in [0, 0.1) is 46.3 Å². The summed E-state index contributed by atoms with van der Waals surface area (Å²) in [5, 5.41) is 7.66. The molecule has 6 aliphatic carbocycles. The van der Waals surface area contributed by atoms with Crippen molar-refractivity contribution in [3.63, 3.8) is 0 Å². The second-order valence-corrected chi connectivity index (χ2v) is 10.9. The highest BCUT2D eigenvalue weighted by atomic mass is 15.0. The Morgan fingerprint density at radius 3 is 2.17 bits per heavy atom. The van der Waals surface area contributed by atoms with E-state index in [4.69, 9.17) is 0 Å². The minimum absolute atomic E-state index is 0.615. The Labute approximate surface area is 149 Å². The molecule has 138 valence electrons. The topological polar surface area (TPSA) is 24.1 Å². The van der Waals surface area contributed by atoms with Gasteiger partial charge in [-0.15, -0.1) is 0 Å². The number of fused-ring (bicyclic) bond motifs is 4. The average molecular weight is 333 g/mol. The van der Waals surface area contributed by atoms with E-state index in [2.05, 4.69) is 45.3 Å². The van der Waals surface area contributed by atoms with Crippen molar-refractivity contribution < 1.29 is 0 Å². The van der Waals surface area contributed by atoms with Crippen molar-refractivity contribution >= 4 is 0 Å². The molecule has 0 aromatic carbocycles. The SMILES string of the molecule is C[C@@H]1C2C[C@@H](C[C@H]1NCCNC[C@@H]1CCC3C[C@@H]1C3(C)C)C2(C)C. The lowest BCUT2D eigenvalue weighted by Crippen LogP contribution is -2.60. The van der Waals surface area contributed by atoms with Gasteiger partial charge in [-0.2, -0.15) is 0 Å². The van der Waals surface area contributed by atoms with E-state index in [1.807, 2.05) is 0 Å². The van der Waals surface area contributed by atoms with Crippen molar-refractivity contribution in [2.45, 2.75) is 72.8 Å². The Hall–Kier alpha value is -0.0800.